The van der Waals surface area contributed by atoms with Crippen LogP contribution in [0, 0.1) is 6.92 Å². The maximum Gasteiger partial charge on any atom is 0.248 e. The number of piperazine rings is 1. The molecular weight excluding hydrogens is 294 g/mol. The number of methoxy groups -OCH3 is 1. The van der Waals surface area contributed by atoms with Crippen LogP contribution in [0.1, 0.15) is 18.7 Å². The summed E-state index contributed by atoms with van der Waals surface area (Å²) in [5, 5.41) is 0. The molecule has 126 valence electrons. The lowest BCUT2D eigenvalue weighted by Gasteiger charge is -2.35. The van der Waals surface area contributed by atoms with E-state index in [-0.39, 0.29) is 12.5 Å². The van der Waals surface area contributed by atoms with Crippen molar-refractivity contribution >= 4 is 17.5 Å². The van der Waals surface area contributed by atoms with Crippen molar-refractivity contribution in [1.82, 2.24) is 14.9 Å². The molecule has 2 aliphatic rings. The first kappa shape index (κ1) is 16.0. The van der Waals surface area contributed by atoms with Gasteiger partial charge in [0, 0.05) is 52.4 Å². The molecule has 1 amide bonds. The summed E-state index contributed by atoms with van der Waals surface area (Å²) >= 11 is 0. The number of carbonyl (C=O) groups excluding carboxylic acids is 1. The summed E-state index contributed by atoms with van der Waals surface area (Å²) in [6.07, 6.45) is 2.47. The highest BCUT2D eigenvalue weighted by Crippen LogP contribution is 2.23. The van der Waals surface area contributed by atoms with Crippen LogP contribution in [0.3, 0.4) is 0 Å². The largest absolute Gasteiger partial charge is 0.375 e. The Morgan fingerprint density at radius 1 is 1.04 bits per heavy atom. The van der Waals surface area contributed by atoms with E-state index in [1.807, 2.05) is 11.8 Å². The molecule has 7 nitrogen and oxygen atoms in total. The van der Waals surface area contributed by atoms with Crippen molar-refractivity contribution < 1.29 is 9.53 Å². The van der Waals surface area contributed by atoms with E-state index < -0.39 is 0 Å². The zero-order valence-electron chi connectivity index (χ0n) is 14.0. The van der Waals surface area contributed by atoms with Crippen LogP contribution in [0.2, 0.25) is 0 Å². The number of rotatable bonds is 4. The Morgan fingerprint density at radius 2 is 1.61 bits per heavy atom. The number of nitrogens with zero attached hydrogens (tertiary/aromatic N) is 5. The molecule has 2 aliphatic heterocycles. The van der Waals surface area contributed by atoms with Gasteiger partial charge in [-0.1, -0.05) is 0 Å². The number of aromatic nitrogens is 2. The Balaban J connectivity index is 1.67. The molecule has 2 saturated heterocycles. The quantitative estimate of drug-likeness (QED) is 0.813. The molecule has 7 heteroatoms. The lowest BCUT2D eigenvalue weighted by Crippen LogP contribution is -2.50. The SMILES string of the molecule is COCC(=O)N1CCN(c2cc(N3CCCC3)nc(C)n2)CC1. The van der Waals surface area contributed by atoms with Crippen molar-refractivity contribution in [3.63, 3.8) is 0 Å². The molecule has 0 N–H and O–H groups in total. The summed E-state index contributed by atoms with van der Waals surface area (Å²) in [6, 6.07) is 2.09. The van der Waals surface area contributed by atoms with Gasteiger partial charge in [-0.15, -0.1) is 0 Å². The fourth-order valence-electron chi connectivity index (χ4n) is 3.21. The highest BCUT2D eigenvalue weighted by Gasteiger charge is 2.23. The molecule has 0 bridgehead atoms. The van der Waals surface area contributed by atoms with E-state index in [4.69, 9.17) is 4.74 Å². The Hall–Kier alpha value is -1.89. The third-order valence-electron chi connectivity index (χ3n) is 4.47. The van der Waals surface area contributed by atoms with Crippen molar-refractivity contribution in [1.29, 1.82) is 0 Å². The van der Waals surface area contributed by atoms with E-state index in [1.54, 1.807) is 7.11 Å². The van der Waals surface area contributed by atoms with Crippen molar-refractivity contribution in [2.45, 2.75) is 19.8 Å². The predicted molar refractivity (Wildman–Crippen MR) is 88.9 cm³/mol. The highest BCUT2D eigenvalue weighted by molar-refractivity contribution is 5.77. The fourth-order valence-corrected chi connectivity index (χ4v) is 3.21. The summed E-state index contributed by atoms with van der Waals surface area (Å²) in [5.74, 6) is 2.87. The number of hydrogen-bond donors (Lipinski definition) is 0. The molecule has 0 aliphatic carbocycles. The van der Waals surface area contributed by atoms with Crippen molar-refractivity contribution in [3.05, 3.63) is 11.9 Å². The molecule has 2 fully saturated rings. The maximum atomic E-state index is 11.9. The monoisotopic (exact) mass is 319 g/mol. The molecule has 0 spiro atoms. The predicted octanol–water partition coefficient (Wildman–Crippen LogP) is 0.680. The molecule has 0 unspecified atom stereocenters. The first-order valence-electron chi connectivity index (χ1n) is 8.29. The van der Waals surface area contributed by atoms with Crippen LogP contribution in [0.25, 0.3) is 0 Å². The topological polar surface area (TPSA) is 61.8 Å². The number of hydrogen-bond acceptors (Lipinski definition) is 6. The van der Waals surface area contributed by atoms with Crippen molar-refractivity contribution in [2.24, 2.45) is 0 Å². The van der Waals surface area contributed by atoms with Crippen LogP contribution in [-0.2, 0) is 9.53 Å². The Bertz CT molecular complexity index is 551. The van der Waals surface area contributed by atoms with Gasteiger partial charge in [-0.3, -0.25) is 4.79 Å². The molecule has 23 heavy (non-hydrogen) atoms. The zero-order chi connectivity index (χ0) is 16.2. The van der Waals surface area contributed by atoms with Gasteiger partial charge in [-0.2, -0.15) is 0 Å². The molecule has 0 saturated carbocycles. The van der Waals surface area contributed by atoms with Gasteiger partial charge in [-0.25, -0.2) is 9.97 Å². The average molecular weight is 319 g/mol. The van der Waals surface area contributed by atoms with Gasteiger partial charge >= 0.3 is 0 Å². The molecule has 1 aromatic rings. The number of aryl methyl sites for hydroxylation is 1. The van der Waals surface area contributed by atoms with Crippen LogP contribution in [0.4, 0.5) is 11.6 Å². The number of anilines is 2. The van der Waals surface area contributed by atoms with Gasteiger partial charge in [0.1, 0.15) is 24.1 Å². The molecular formula is C16H25N5O2. The summed E-state index contributed by atoms with van der Waals surface area (Å²) in [7, 11) is 1.55. The van der Waals surface area contributed by atoms with E-state index in [0.29, 0.717) is 13.1 Å². The standard InChI is InChI=1S/C16H25N5O2/c1-13-17-14(19-5-3-4-6-19)11-15(18-13)20-7-9-21(10-8-20)16(22)12-23-2/h11H,3-10,12H2,1-2H3. The lowest BCUT2D eigenvalue weighted by atomic mass is 10.3. The third-order valence-corrected chi connectivity index (χ3v) is 4.47. The second kappa shape index (κ2) is 7.12. The first-order valence-corrected chi connectivity index (χ1v) is 8.29. The molecule has 0 atom stereocenters. The summed E-state index contributed by atoms with van der Waals surface area (Å²) in [4.78, 5) is 27.5. The second-order valence-corrected chi connectivity index (χ2v) is 6.13. The van der Waals surface area contributed by atoms with E-state index in [2.05, 4.69) is 25.8 Å². The van der Waals surface area contributed by atoms with Crippen LogP contribution in [-0.4, -0.2) is 73.8 Å². The molecule has 3 heterocycles. The summed E-state index contributed by atoms with van der Waals surface area (Å²) < 4.78 is 4.93. The van der Waals surface area contributed by atoms with E-state index >= 15 is 0 Å². The van der Waals surface area contributed by atoms with Crippen molar-refractivity contribution in [2.75, 3.05) is 62.8 Å². The fraction of sp³-hybridized carbons (Fsp3) is 0.688. The molecule has 3 rings (SSSR count). The summed E-state index contributed by atoms with van der Waals surface area (Å²) in [5.41, 5.74) is 0. The van der Waals surface area contributed by atoms with Gasteiger partial charge in [0.25, 0.3) is 0 Å². The number of amides is 1. The van der Waals surface area contributed by atoms with Gasteiger partial charge in [0.05, 0.1) is 0 Å². The normalized spacial score (nSPS) is 18.6. The molecule has 1 aromatic heterocycles. The van der Waals surface area contributed by atoms with E-state index in [0.717, 1.165) is 43.6 Å². The first-order chi connectivity index (χ1) is 11.2. The minimum atomic E-state index is 0.0590. The third kappa shape index (κ3) is 3.72. The van der Waals surface area contributed by atoms with E-state index in [1.165, 1.54) is 12.8 Å². The van der Waals surface area contributed by atoms with Crippen LogP contribution < -0.4 is 9.80 Å². The minimum absolute atomic E-state index is 0.0590. The average Bonchev–Trinajstić information content (AvgIpc) is 3.09. The Morgan fingerprint density at radius 3 is 2.17 bits per heavy atom. The second-order valence-electron chi connectivity index (χ2n) is 6.13. The van der Waals surface area contributed by atoms with Crippen molar-refractivity contribution in [3.8, 4) is 0 Å². The minimum Gasteiger partial charge on any atom is -0.375 e. The molecule has 0 radical (unpaired) electrons. The zero-order valence-corrected chi connectivity index (χ0v) is 14.0. The van der Waals surface area contributed by atoms with Gasteiger partial charge in [0.2, 0.25) is 5.91 Å². The number of ether oxygens (including phenoxy) is 1. The van der Waals surface area contributed by atoms with Crippen LogP contribution >= 0.6 is 0 Å². The number of carbonyl (C=O) groups is 1. The maximum absolute atomic E-state index is 11.9. The lowest BCUT2D eigenvalue weighted by molar-refractivity contribution is -0.135. The Labute approximate surface area is 137 Å². The van der Waals surface area contributed by atoms with Crippen LogP contribution in [0.15, 0.2) is 6.07 Å². The molecule has 0 aromatic carbocycles. The smallest absolute Gasteiger partial charge is 0.248 e. The highest BCUT2D eigenvalue weighted by atomic mass is 16.5. The van der Waals surface area contributed by atoms with Gasteiger partial charge in [0.15, 0.2) is 0 Å². The van der Waals surface area contributed by atoms with Gasteiger partial charge in [-0.05, 0) is 19.8 Å². The Kier molecular flexibility index (Phi) is 4.95. The van der Waals surface area contributed by atoms with E-state index in [9.17, 15) is 4.79 Å². The summed E-state index contributed by atoms with van der Waals surface area (Å²) in [6.45, 7) is 7.28. The van der Waals surface area contributed by atoms with Crippen LogP contribution in [0.5, 0.6) is 0 Å². The van der Waals surface area contributed by atoms with Gasteiger partial charge < -0.3 is 19.4 Å².